The van der Waals surface area contributed by atoms with Crippen LogP contribution in [0.1, 0.15) is 24.5 Å². The van der Waals surface area contributed by atoms with Gasteiger partial charge in [-0.05, 0) is 49.2 Å². The molecule has 0 aromatic heterocycles. The Bertz CT molecular complexity index is 786. The summed E-state index contributed by atoms with van der Waals surface area (Å²) >= 11 is 0. The minimum absolute atomic E-state index is 0.0831. The molecule has 0 radical (unpaired) electrons. The average Bonchev–Trinajstić information content (AvgIpc) is 2.54. The highest BCUT2D eigenvalue weighted by Gasteiger charge is 2.16. The summed E-state index contributed by atoms with van der Waals surface area (Å²) in [5.74, 6) is -2.47. The minimum Gasteiger partial charge on any atom is -0.321 e. The lowest BCUT2D eigenvalue weighted by Gasteiger charge is -2.22. The maximum absolute atomic E-state index is 13.6. The Hall–Kier alpha value is -2.76. The van der Waals surface area contributed by atoms with Crippen molar-refractivity contribution in [2.45, 2.75) is 27.2 Å². The molecule has 2 amide bonds. The Balaban J connectivity index is 2.07. The van der Waals surface area contributed by atoms with Crippen LogP contribution in [-0.2, 0) is 9.59 Å². The van der Waals surface area contributed by atoms with E-state index in [0.29, 0.717) is 5.69 Å². The van der Waals surface area contributed by atoms with Gasteiger partial charge in [0.05, 0.1) is 0 Å². The first-order chi connectivity index (χ1) is 11.8. The first-order valence-corrected chi connectivity index (χ1v) is 7.89. The maximum Gasteiger partial charge on any atom is 0.226 e. The second-order valence-corrected chi connectivity index (χ2v) is 5.83. The highest BCUT2D eigenvalue weighted by molar-refractivity contribution is 5.95. The molecule has 0 aliphatic rings. The van der Waals surface area contributed by atoms with E-state index in [1.807, 2.05) is 26.0 Å². The number of benzene rings is 2. The third-order valence-electron chi connectivity index (χ3n) is 3.97. The molecular weight excluding hydrogens is 326 g/mol. The summed E-state index contributed by atoms with van der Waals surface area (Å²) in [6, 6.07) is 8.92. The van der Waals surface area contributed by atoms with Crippen molar-refractivity contribution in [2.75, 3.05) is 16.8 Å². The maximum atomic E-state index is 13.6. The largest absolute Gasteiger partial charge is 0.321 e. The molecule has 2 aromatic rings. The summed E-state index contributed by atoms with van der Waals surface area (Å²) in [6.07, 6.45) is -0.0831. The van der Waals surface area contributed by atoms with Crippen molar-refractivity contribution < 1.29 is 18.4 Å². The fourth-order valence-electron chi connectivity index (χ4n) is 2.39. The summed E-state index contributed by atoms with van der Waals surface area (Å²) in [6.45, 7) is 5.42. The highest BCUT2D eigenvalue weighted by atomic mass is 19.1. The molecule has 0 aliphatic carbocycles. The molecule has 0 bridgehead atoms. The van der Waals surface area contributed by atoms with Crippen molar-refractivity contribution in [1.82, 2.24) is 0 Å². The van der Waals surface area contributed by atoms with Gasteiger partial charge < -0.3 is 10.2 Å². The van der Waals surface area contributed by atoms with Crippen LogP contribution >= 0.6 is 0 Å². The van der Waals surface area contributed by atoms with E-state index in [4.69, 9.17) is 0 Å². The van der Waals surface area contributed by atoms with Crippen LogP contribution in [0.4, 0.5) is 20.2 Å². The number of rotatable bonds is 5. The van der Waals surface area contributed by atoms with Crippen molar-refractivity contribution in [3.63, 3.8) is 0 Å². The molecule has 2 rings (SSSR count). The number of carbonyl (C=O) groups is 2. The van der Waals surface area contributed by atoms with E-state index in [1.165, 1.54) is 17.9 Å². The molecule has 25 heavy (non-hydrogen) atoms. The molecule has 1 N–H and O–H groups in total. The fraction of sp³-hybridized carbons (Fsp3) is 0.263. The van der Waals surface area contributed by atoms with Gasteiger partial charge in [0.15, 0.2) is 0 Å². The number of anilines is 2. The smallest absolute Gasteiger partial charge is 0.226 e. The molecule has 2 aromatic carbocycles. The zero-order chi connectivity index (χ0) is 18.6. The van der Waals surface area contributed by atoms with Crippen LogP contribution in [0.5, 0.6) is 0 Å². The molecule has 0 heterocycles. The van der Waals surface area contributed by atoms with Gasteiger partial charge in [-0.15, -0.1) is 0 Å². The monoisotopic (exact) mass is 346 g/mol. The van der Waals surface area contributed by atoms with Gasteiger partial charge in [-0.2, -0.15) is 0 Å². The molecule has 0 fully saturated rings. The average molecular weight is 346 g/mol. The van der Waals surface area contributed by atoms with Crippen molar-refractivity contribution in [3.05, 3.63) is 59.2 Å². The molecule has 132 valence electrons. The number of halogens is 2. The van der Waals surface area contributed by atoms with Crippen molar-refractivity contribution in [2.24, 2.45) is 0 Å². The molecule has 0 saturated heterocycles. The van der Waals surface area contributed by atoms with Gasteiger partial charge in [0.1, 0.15) is 17.3 Å². The molecule has 6 heteroatoms. The van der Waals surface area contributed by atoms with Gasteiger partial charge in [-0.3, -0.25) is 9.59 Å². The zero-order valence-electron chi connectivity index (χ0n) is 14.4. The number of hydrogen-bond acceptors (Lipinski definition) is 2. The Morgan fingerprint density at radius 2 is 1.68 bits per heavy atom. The third kappa shape index (κ3) is 4.62. The number of aryl methyl sites for hydroxylation is 2. The van der Waals surface area contributed by atoms with Crippen molar-refractivity contribution in [1.29, 1.82) is 0 Å². The highest BCUT2D eigenvalue weighted by Crippen LogP contribution is 2.21. The summed E-state index contributed by atoms with van der Waals surface area (Å²) in [7, 11) is 0. The molecule has 4 nitrogen and oxygen atoms in total. The normalized spacial score (nSPS) is 10.4. The van der Waals surface area contributed by atoms with Crippen molar-refractivity contribution in [3.8, 4) is 0 Å². The number of nitrogens with zero attached hydrogens (tertiary/aromatic N) is 1. The van der Waals surface area contributed by atoms with Gasteiger partial charge in [0, 0.05) is 25.6 Å². The number of amides is 2. The molecule has 0 aliphatic heterocycles. The second-order valence-electron chi connectivity index (χ2n) is 5.83. The van der Waals surface area contributed by atoms with Crippen LogP contribution in [0.15, 0.2) is 36.4 Å². The van der Waals surface area contributed by atoms with E-state index in [2.05, 4.69) is 5.32 Å². The lowest BCUT2D eigenvalue weighted by Crippen LogP contribution is -2.32. The first kappa shape index (κ1) is 18.6. The number of para-hydroxylation sites is 1. The predicted molar refractivity (Wildman–Crippen MR) is 93.5 cm³/mol. The summed E-state index contributed by atoms with van der Waals surface area (Å²) in [5, 5.41) is 2.22. The van der Waals surface area contributed by atoms with E-state index < -0.39 is 23.2 Å². The van der Waals surface area contributed by atoms with Crippen LogP contribution < -0.4 is 10.2 Å². The quantitative estimate of drug-likeness (QED) is 0.891. The van der Waals surface area contributed by atoms with Crippen LogP contribution in [0.3, 0.4) is 0 Å². The van der Waals surface area contributed by atoms with Crippen LogP contribution in [-0.4, -0.2) is 18.4 Å². The van der Waals surface area contributed by atoms with E-state index in [0.717, 1.165) is 23.3 Å². The molecular formula is C19H20F2N2O2. The second kappa shape index (κ2) is 7.88. The summed E-state index contributed by atoms with van der Waals surface area (Å²) in [4.78, 5) is 25.4. The summed E-state index contributed by atoms with van der Waals surface area (Å²) in [5.41, 5.74) is 2.33. The van der Waals surface area contributed by atoms with Crippen LogP contribution in [0.2, 0.25) is 0 Å². The lowest BCUT2D eigenvalue weighted by molar-refractivity contribution is -0.117. The van der Waals surface area contributed by atoms with E-state index in [9.17, 15) is 18.4 Å². The third-order valence-corrected chi connectivity index (χ3v) is 3.97. The van der Waals surface area contributed by atoms with E-state index >= 15 is 0 Å². The number of nitrogens with one attached hydrogen (secondary N) is 1. The topological polar surface area (TPSA) is 49.4 Å². The Morgan fingerprint density at radius 1 is 1.04 bits per heavy atom. The van der Waals surface area contributed by atoms with Crippen molar-refractivity contribution >= 4 is 23.2 Å². The summed E-state index contributed by atoms with van der Waals surface area (Å²) < 4.78 is 27.1. The standard InChI is InChI=1S/C19H20F2N2O2/c1-12-7-8-15(11-13(12)2)23(14(3)24)10-9-18(25)22-19-16(20)5-4-6-17(19)21/h4-8,11H,9-10H2,1-3H3,(H,22,25). The van der Waals surface area contributed by atoms with Gasteiger partial charge in [0.25, 0.3) is 0 Å². The molecule has 0 unspecified atom stereocenters. The van der Waals surface area contributed by atoms with E-state index in [-0.39, 0.29) is 18.9 Å². The lowest BCUT2D eigenvalue weighted by atomic mass is 10.1. The molecule has 0 spiro atoms. The van der Waals surface area contributed by atoms with Crippen LogP contribution in [0, 0.1) is 25.5 Å². The SMILES string of the molecule is CC(=O)N(CCC(=O)Nc1c(F)cccc1F)c1ccc(C)c(C)c1. The van der Waals surface area contributed by atoms with Gasteiger partial charge in [-0.1, -0.05) is 12.1 Å². The zero-order valence-corrected chi connectivity index (χ0v) is 14.4. The number of hydrogen-bond donors (Lipinski definition) is 1. The van der Waals surface area contributed by atoms with Gasteiger partial charge >= 0.3 is 0 Å². The number of carbonyl (C=O) groups excluding carboxylic acids is 2. The fourth-order valence-corrected chi connectivity index (χ4v) is 2.39. The Labute approximate surface area is 145 Å². The Morgan fingerprint density at radius 3 is 2.24 bits per heavy atom. The van der Waals surface area contributed by atoms with E-state index in [1.54, 1.807) is 6.07 Å². The van der Waals surface area contributed by atoms with Gasteiger partial charge in [0.2, 0.25) is 11.8 Å². The van der Waals surface area contributed by atoms with Gasteiger partial charge in [-0.25, -0.2) is 8.78 Å². The van der Waals surface area contributed by atoms with Crippen LogP contribution in [0.25, 0.3) is 0 Å². The Kier molecular flexibility index (Phi) is 5.85. The molecule has 0 saturated carbocycles. The molecule has 0 atom stereocenters. The first-order valence-electron chi connectivity index (χ1n) is 7.89. The predicted octanol–water partition coefficient (Wildman–Crippen LogP) is 3.96. The minimum atomic E-state index is -0.842.